The van der Waals surface area contributed by atoms with Crippen molar-refractivity contribution in [2.45, 2.75) is 26.4 Å². The van der Waals surface area contributed by atoms with Gasteiger partial charge in [0.05, 0.1) is 0 Å². The molecular weight excluding hydrogens is 152 g/mol. The Morgan fingerprint density at radius 3 is 2.50 bits per heavy atom. The molecule has 1 aliphatic rings. The Hall–Kier alpha value is -0.890. The highest BCUT2D eigenvalue weighted by atomic mass is 16.3. The van der Waals surface area contributed by atoms with E-state index in [1.807, 2.05) is 20.8 Å². The summed E-state index contributed by atoms with van der Waals surface area (Å²) in [5, 5.41) is 9.85. The average Bonchev–Trinajstić information content (AvgIpc) is 1.97. The van der Waals surface area contributed by atoms with E-state index in [2.05, 4.69) is 0 Å². The van der Waals surface area contributed by atoms with Gasteiger partial charge in [-0.2, -0.15) is 0 Å². The van der Waals surface area contributed by atoms with Gasteiger partial charge in [0.25, 0.3) is 0 Å². The molecule has 0 aromatic heterocycles. The number of hydrogen-bond donors (Lipinski definition) is 1. The fourth-order valence-corrected chi connectivity index (χ4v) is 1.19. The Labute approximate surface area is 72.6 Å². The van der Waals surface area contributed by atoms with Crippen molar-refractivity contribution in [2.24, 2.45) is 5.92 Å². The van der Waals surface area contributed by atoms with Crippen LogP contribution in [0.4, 0.5) is 0 Å². The predicted molar refractivity (Wildman–Crippen MR) is 47.7 cm³/mol. The molecule has 1 unspecified atom stereocenters. The summed E-state index contributed by atoms with van der Waals surface area (Å²) in [6.07, 6.45) is 4.84. The lowest BCUT2D eigenvalue weighted by molar-refractivity contribution is -0.131. The molecule has 1 rings (SSSR count). The first-order valence-electron chi connectivity index (χ1n) is 4.11. The van der Waals surface area contributed by atoms with E-state index in [1.54, 1.807) is 12.2 Å². The minimum atomic E-state index is -1.28. The van der Waals surface area contributed by atoms with Crippen LogP contribution in [0.2, 0.25) is 0 Å². The van der Waals surface area contributed by atoms with Crippen molar-refractivity contribution in [3.63, 3.8) is 0 Å². The van der Waals surface area contributed by atoms with E-state index in [9.17, 15) is 9.90 Å². The van der Waals surface area contributed by atoms with Gasteiger partial charge in [-0.15, -0.1) is 0 Å². The fourth-order valence-electron chi connectivity index (χ4n) is 1.19. The third kappa shape index (κ3) is 1.34. The monoisotopic (exact) mass is 166 g/mol. The molecular formula is C10H14O2. The van der Waals surface area contributed by atoms with E-state index in [-0.39, 0.29) is 11.7 Å². The number of allylic oxidation sites excluding steroid dienone is 2. The summed E-state index contributed by atoms with van der Waals surface area (Å²) in [6, 6.07) is 0. The van der Waals surface area contributed by atoms with Gasteiger partial charge in [0.2, 0.25) is 0 Å². The quantitative estimate of drug-likeness (QED) is 0.640. The second-order valence-electron chi connectivity index (χ2n) is 3.57. The van der Waals surface area contributed by atoms with Gasteiger partial charge in [0.15, 0.2) is 5.78 Å². The topological polar surface area (TPSA) is 37.3 Å². The molecule has 0 saturated heterocycles. The van der Waals surface area contributed by atoms with E-state index < -0.39 is 5.60 Å². The smallest absolute Gasteiger partial charge is 0.191 e. The molecule has 0 heterocycles. The summed E-state index contributed by atoms with van der Waals surface area (Å²) in [6.45, 7) is 5.50. The Balaban J connectivity index is 2.99. The Morgan fingerprint density at radius 1 is 1.50 bits per heavy atom. The van der Waals surface area contributed by atoms with Crippen LogP contribution in [-0.2, 0) is 4.79 Å². The van der Waals surface area contributed by atoms with Crippen LogP contribution in [0.1, 0.15) is 20.8 Å². The third-order valence-electron chi connectivity index (χ3n) is 2.23. The predicted octanol–water partition coefficient (Wildman–Crippen LogP) is 1.46. The lowest BCUT2D eigenvalue weighted by Crippen LogP contribution is -2.42. The molecule has 2 nitrogen and oxygen atoms in total. The molecule has 0 fully saturated rings. The molecule has 0 aromatic carbocycles. The van der Waals surface area contributed by atoms with Crippen molar-refractivity contribution in [3.05, 3.63) is 23.8 Å². The zero-order chi connectivity index (χ0) is 9.35. The first kappa shape index (κ1) is 9.20. The maximum Gasteiger partial charge on any atom is 0.191 e. The summed E-state index contributed by atoms with van der Waals surface area (Å²) in [5.74, 6) is -0.289. The van der Waals surface area contributed by atoms with E-state index >= 15 is 0 Å². The lowest BCUT2D eigenvalue weighted by Gasteiger charge is -2.28. The maximum absolute atomic E-state index is 11.4. The molecule has 2 heteroatoms. The zero-order valence-corrected chi connectivity index (χ0v) is 7.66. The van der Waals surface area contributed by atoms with Gasteiger partial charge >= 0.3 is 0 Å². The normalized spacial score (nSPS) is 29.4. The fraction of sp³-hybridized carbons (Fsp3) is 0.500. The Kier molecular flexibility index (Phi) is 2.20. The molecule has 0 bridgehead atoms. The minimum Gasteiger partial charge on any atom is -0.377 e. The van der Waals surface area contributed by atoms with Crippen molar-refractivity contribution in [1.29, 1.82) is 0 Å². The molecule has 0 radical (unpaired) electrons. The molecule has 0 aliphatic heterocycles. The largest absolute Gasteiger partial charge is 0.377 e. The average molecular weight is 166 g/mol. The van der Waals surface area contributed by atoms with Gasteiger partial charge in [-0.3, -0.25) is 4.79 Å². The van der Waals surface area contributed by atoms with Gasteiger partial charge in [0, 0.05) is 0 Å². The lowest BCUT2D eigenvalue weighted by atomic mass is 9.82. The summed E-state index contributed by atoms with van der Waals surface area (Å²) < 4.78 is 0. The molecule has 1 aliphatic carbocycles. The van der Waals surface area contributed by atoms with Crippen molar-refractivity contribution in [2.75, 3.05) is 0 Å². The van der Waals surface area contributed by atoms with Crippen molar-refractivity contribution in [3.8, 4) is 0 Å². The van der Waals surface area contributed by atoms with Crippen LogP contribution in [0.5, 0.6) is 0 Å². The van der Waals surface area contributed by atoms with E-state index in [1.165, 1.54) is 6.08 Å². The maximum atomic E-state index is 11.4. The van der Waals surface area contributed by atoms with E-state index in [0.29, 0.717) is 0 Å². The number of carbonyl (C=O) groups excluding carboxylic acids is 1. The van der Waals surface area contributed by atoms with Crippen molar-refractivity contribution >= 4 is 5.78 Å². The molecule has 0 amide bonds. The molecule has 0 spiro atoms. The van der Waals surface area contributed by atoms with Crippen LogP contribution >= 0.6 is 0 Å². The van der Waals surface area contributed by atoms with Crippen molar-refractivity contribution < 1.29 is 9.90 Å². The number of aliphatic hydroxyl groups is 1. The van der Waals surface area contributed by atoms with Crippen LogP contribution in [-0.4, -0.2) is 16.5 Å². The molecule has 0 aromatic rings. The first-order chi connectivity index (χ1) is 5.47. The highest BCUT2D eigenvalue weighted by Gasteiger charge is 2.36. The molecule has 66 valence electrons. The van der Waals surface area contributed by atoms with Gasteiger partial charge in [-0.05, 0) is 30.6 Å². The minimum absolute atomic E-state index is 0.0781. The van der Waals surface area contributed by atoms with Gasteiger partial charge in [-0.25, -0.2) is 0 Å². The standard InChI is InChI=1S/C10H14O2/c1-7(2)10(12)5-4-8(3)6-9(10)11/h4-7,12H,1-3H3. The Bertz CT molecular complexity index is 261. The third-order valence-corrected chi connectivity index (χ3v) is 2.23. The summed E-state index contributed by atoms with van der Waals surface area (Å²) in [7, 11) is 0. The zero-order valence-electron chi connectivity index (χ0n) is 7.66. The molecule has 1 N–H and O–H groups in total. The van der Waals surface area contributed by atoms with Crippen LogP contribution in [0, 0.1) is 5.92 Å². The van der Waals surface area contributed by atoms with Crippen LogP contribution in [0.25, 0.3) is 0 Å². The molecule has 0 saturated carbocycles. The van der Waals surface area contributed by atoms with Crippen molar-refractivity contribution in [1.82, 2.24) is 0 Å². The van der Waals surface area contributed by atoms with Gasteiger partial charge in [-0.1, -0.05) is 19.9 Å². The number of rotatable bonds is 1. The molecule has 1 atom stereocenters. The number of carbonyl (C=O) groups is 1. The summed E-state index contributed by atoms with van der Waals surface area (Å²) in [5.41, 5.74) is -0.384. The highest BCUT2D eigenvalue weighted by molar-refractivity contribution is 6.00. The van der Waals surface area contributed by atoms with Crippen LogP contribution in [0.3, 0.4) is 0 Å². The summed E-state index contributed by atoms with van der Waals surface area (Å²) in [4.78, 5) is 11.4. The summed E-state index contributed by atoms with van der Waals surface area (Å²) >= 11 is 0. The van der Waals surface area contributed by atoms with Crippen LogP contribution in [0.15, 0.2) is 23.8 Å². The van der Waals surface area contributed by atoms with E-state index in [4.69, 9.17) is 0 Å². The highest BCUT2D eigenvalue weighted by Crippen LogP contribution is 2.25. The Morgan fingerprint density at radius 2 is 2.08 bits per heavy atom. The van der Waals surface area contributed by atoms with Gasteiger partial charge in [0.1, 0.15) is 5.60 Å². The first-order valence-corrected chi connectivity index (χ1v) is 4.11. The SMILES string of the molecule is CC1=CC(=O)C(O)(C(C)C)C=C1. The van der Waals surface area contributed by atoms with E-state index in [0.717, 1.165) is 5.57 Å². The number of ketones is 1. The second-order valence-corrected chi connectivity index (χ2v) is 3.57. The van der Waals surface area contributed by atoms with Gasteiger partial charge < -0.3 is 5.11 Å². The number of hydrogen-bond acceptors (Lipinski definition) is 2. The molecule has 12 heavy (non-hydrogen) atoms. The van der Waals surface area contributed by atoms with Crippen LogP contribution < -0.4 is 0 Å². The second kappa shape index (κ2) is 2.87.